The number of alkyl halides is 1. The fraction of sp³-hybridized carbons (Fsp3) is 0.500. The first-order valence-corrected chi connectivity index (χ1v) is 5.12. The van der Waals surface area contributed by atoms with E-state index in [1.165, 1.54) is 0 Å². The lowest BCUT2D eigenvalue weighted by Gasteiger charge is -1.91. The average Bonchev–Trinajstić information content (AvgIpc) is 2.41. The van der Waals surface area contributed by atoms with Gasteiger partial charge in [-0.3, -0.25) is 4.84 Å². The zero-order valence-corrected chi connectivity index (χ0v) is 7.90. The van der Waals surface area contributed by atoms with Gasteiger partial charge in [0.2, 0.25) is 6.20 Å². The Bertz CT molecular complexity index is 166. The summed E-state index contributed by atoms with van der Waals surface area (Å²) >= 11 is 4.95. The maximum absolute atomic E-state index is 5.28. The summed E-state index contributed by atoms with van der Waals surface area (Å²) in [5, 5.41) is 2.98. The zero-order valence-electron chi connectivity index (χ0n) is 5.50. The van der Waals surface area contributed by atoms with E-state index < -0.39 is 0 Å². The van der Waals surface area contributed by atoms with E-state index in [0.29, 0.717) is 0 Å². The van der Waals surface area contributed by atoms with Gasteiger partial charge in [0.25, 0.3) is 5.51 Å². The van der Waals surface area contributed by atoms with E-state index in [4.69, 9.17) is 4.84 Å². The van der Waals surface area contributed by atoms with Crippen LogP contribution in [-0.2, 0) is 0 Å². The van der Waals surface area contributed by atoms with Gasteiger partial charge in [0.1, 0.15) is 0 Å². The Morgan fingerprint density at radius 3 is 3.10 bits per heavy atom. The molecule has 0 amide bonds. The Hall–Kier alpha value is -0.0900. The summed E-state index contributed by atoms with van der Waals surface area (Å²) in [6.07, 6.45) is 2.95. The lowest BCUT2D eigenvalue weighted by molar-refractivity contribution is -0.888. The van der Waals surface area contributed by atoms with Crippen LogP contribution in [0.1, 0.15) is 6.42 Å². The van der Waals surface area contributed by atoms with Crippen LogP contribution in [-0.4, -0.2) is 11.9 Å². The van der Waals surface area contributed by atoms with Crippen LogP contribution >= 0.6 is 27.3 Å². The van der Waals surface area contributed by atoms with Crippen molar-refractivity contribution < 1.29 is 9.57 Å². The van der Waals surface area contributed by atoms with Crippen molar-refractivity contribution in [2.24, 2.45) is 0 Å². The molecule has 0 bridgehead atoms. The van der Waals surface area contributed by atoms with Crippen molar-refractivity contribution in [3.63, 3.8) is 0 Å². The average molecular weight is 223 g/mol. The number of nitrogens with zero attached hydrogens (tertiary/aromatic N) is 1. The van der Waals surface area contributed by atoms with E-state index in [1.807, 2.05) is 17.1 Å². The molecular weight excluding hydrogens is 214 g/mol. The van der Waals surface area contributed by atoms with E-state index in [1.54, 1.807) is 16.1 Å². The molecule has 56 valence electrons. The fourth-order valence-electron chi connectivity index (χ4n) is 0.523. The third kappa shape index (κ3) is 2.66. The highest BCUT2D eigenvalue weighted by Crippen LogP contribution is 1.87. The second-order valence-electron chi connectivity index (χ2n) is 1.76. The molecule has 0 saturated heterocycles. The third-order valence-electron chi connectivity index (χ3n) is 0.969. The Kier molecular flexibility index (Phi) is 3.75. The largest absolute Gasteiger partial charge is 0.276 e. The van der Waals surface area contributed by atoms with E-state index in [2.05, 4.69) is 15.9 Å². The number of aromatic nitrogens is 1. The SMILES string of the molecule is BrCCCO[n+]1ccsc1. The molecule has 0 N–H and O–H groups in total. The first kappa shape index (κ1) is 8.01. The van der Waals surface area contributed by atoms with Crippen LogP contribution in [0, 0.1) is 0 Å². The summed E-state index contributed by atoms with van der Waals surface area (Å²) in [4.78, 5) is 5.28. The van der Waals surface area contributed by atoms with Gasteiger partial charge in [0.15, 0.2) is 6.61 Å². The van der Waals surface area contributed by atoms with Crippen molar-refractivity contribution >= 4 is 27.3 Å². The minimum Gasteiger partial charge on any atom is -0.271 e. The van der Waals surface area contributed by atoms with Gasteiger partial charge in [-0.05, 0) is 6.42 Å². The number of rotatable bonds is 4. The number of halogens is 1. The Labute approximate surface area is 72.5 Å². The van der Waals surface area contributed by atoms with Crippen LogP contribution in [0.25, 0.3) is 0 Å². The predicted molar refractivity (Wildman–Crippen MR) is 44.4 cm³/mol. The molecule has 0 aliphatic rings. The summed E-state index contributed by atoms with van der Waals surface area (Å²) in [6, 6.07) is 0. The van der Waals surface area contributed by atoms with Crippen molar-refractivity contribution in [3.8, 4) is 0 Å². The second-order valence-corrected chi connectivity index (χ2v) is 3.31. The molecule has 0 aliphatic carbocycles. The molecule has 0 aromatic carbocycles. The molecule has 0 spiro atoms. The second kappa shape index (κ2) is 4.68. The standard InChI is InChI=1S/C6H9BrNOS/c7-2-1-4-9-8-3-5-10-6-8/h3,5-6H,1-2,4H2/q+1. The molecule has 1 heterocycles. The maximum atomic E-state index is 5.28. The summed E-state index contributed by atoms with van der Waals surface area (Å²) in [6.45, 7) is 0.770. The van der Waals surface area contributed by atoms with Gasteiger partial charge >= 0.3 is 0 Å². The van der Waals surface area contributed by atoms with Crippen LogP contribution in [0.15, 0.2) is 17.1 Å². The predicted octanol–water partition coefficient (Wildman–Crippen LogP) is 1.25. The summed E-state index contributed by atoms with van der Waals surface area (Å²) < 4.78 is 1.73. The van der Waals surface area contributed by atoms with Crippen LogP contribution in [0.2, 0.25) is 0 Å². The highest BCUT2D eigenvalue weighted by atomic mass is 79.9. The molecular formula is C6H9BrNOS+. The molecule has 2 nitrogen and oxygen atoms in total. The summed E-state index contributed by atoms with van der Waals surface area (Å²) in [7, 11) is 0. The molecule has 1 aromatic heterocycles. The molecule has 0 unspecified atom stereocenters. The molecule has 1 rings (SSSR count). The van der Waals surface area contributed by atoms with Crippen molar-refractivity contribution in [1.82, 2.24) is 0 Å². The highest BCUT2D eigenvalue weighted by Gasteiger charge is 1.98. The van der Waals surface area contributed by atoms with Gasteiger partial charge in [-0.15, -0.1) is 0 Å². The van der Waals surface area contributed by atoms with Gasteiger partial charge in [-0.2, -0.15) is 0 Å². The smallest absolute Gasteiger partial charge is 0.271 e. The normalized spacial score (nSPS) is 9.70. The van der Waals surface area contributed by atoms with Gasteiger partial charge in [-0.25, -0.2) is 0 Å². The maximum Gasteiger partial charge on any atom is 0.276 e. The topological polar surface area (TPSA) is 13.1 Å². The lowest BCUT2D eigenvalue weighted by atomic mass is 10.5. The monoisotopic (exact) mass is 222 g/mol. The number of hydrogen-bond donors (Lipinski definition) is 0. The first-order valence-electron chi connectivity index (χ1n) is 3.06. The Morgan fingerprint density at radius 2 is 2.50 bits per heavy atom. The van der Waals surface area contributed by atoms with E-state index in [0.717, 1.165) is 18.4 Å². The van der Waals surface area contributed by atoms with Crippen molar-refractivity contribution in [3.05, 3.63) is 17.1 Å². The van der Waals surface area contributed by atoms with Crippen LogP contribution in [0.3, 0.4) is 0 Å². The zero-order chi connectivity index (χ0) is 7.23. The molecule has 0 saturated carbocycles. The van der Waals surface area contributed by atoms with E-state index in [-0.39, 0.29) is 0 Å². The number of hydrogen-bond acceptors (Lipinski definition) is 2. The number of thiazole rings is 1. The molecule has 0 radical (unpaired) electrons. The van der Waals surface area contributed by atoms with Gasteiger partial charge in [0, 0.05) is 10.1 Å². The molecule has 10 heavy (non-hydrogen) atoms. The van der Waals surface area contributed by atoms with Gasteiger partial charge < -0.3 is 0 Å². The fourth-order valence-corrected chi connectivity index (χ4v) is 1.26. The first-order chi connectivity index (χ1) is 4.93. The van der Waals surface area contributed by atoms with E-state index >= 15 is 0 Å². The minimum absolute atomic E-state index is 0.770. The van der Waals surface area contributed by atoms with Crippen molar-refractivity contribution in [2.75, 3.05) is 11.9 Å². The van der Waals surface area contributed by atoms with Crippen LogP contribution in [0.5, 0.6) is 0 Å². The molecule has 0 fully saturated rings. The van der Waals surface area contributed by atoms with Gasteiger partial charge in [0.05, 0.1) is 5.38 Å². The summed E-state index contributed by atoms with van der Waals surface area (Å²) in [5.41, 5.74) is 1.92. The molecule has 0 atom stereocenters. The quantitative estimate of drug-likeness (QED) is 0.425. The lowest BCUT2D eigenvalue weighted by Crippen LogP contribution is -2.40. The molecule has 0 aliphatic heterocycles. The Balaban J connectivity index is 2.15. The highest BCUT2D eigenvalue weighted by molar-refractivity contribution is 9.09. The molecule has 1 aromatic rings. The van der Waals surface area contributed by atoms with E-state index in [9.17, 15) is 0 Å². The van der Waals surface area contributed by atoms with Crippen molar-refractivity contribution in [2.45, 2.75) is 6.42 Å². The van der Waals surface area contributed by atoms with Gasteiger partial charge in [-0.1, -0.05) is 27.3 Å². The van der Waals surface area contributed by atoms with Crippen LogP contribution in [0.4, 0.5) is 0 Å². The van der Waals surface area contributed by atoms with Crippen LogP contribution < -0.4 is 9.57 Å². The Morgan fingerprint density at radius 1 is 1.60 bits per heavy atom. The molecule has 4 heteroatoms. The van der Waals surface area contributed by atoms with Crippen molar-refractivity contribution in [1.29, 1.82) is 0 Å². The minimum atomic E-state index is 0.770. The summed E-state index contributed by atoms with van der Waals surface area (Å²) in [5.74, 6) is 0. The third-order valence-corrected chi connectivity index (χ3v) is 2.14.